The van der Waals surface area contributed by atoms with Crippen molar-refractivity contribution in [2.24, 2.45) is 0 Å². The van der Waals surface area contributed by atoms with Crippen molar-refractivity contribution in [2.75, 3.05) is 22.8 Å². The molecule has 1 amide bonds. The fraction of sp³-hybridized carbons (Fsp3) is 0.278. The normalized spacial score (nSPS) is 18.0. The zero-order valence-corrected chi connectivity index (χ0v) is 18.6. The summed E-state index contributed by atoms with van der Waals surface area (Å²) in [4.78, 5) is 12.0. The molecule has 1 fully saturated rings. The van der Waals surface area contributed by atoms with E-state index in [-0.39, 0.29) is 37.9 Å². The Bertz CT molecular complexity index is 1170. The number of hydrogen-bond acceptors (Lipinski definition) is 6. The standard InChI is InChI=1S/C18H18Cl2N2O6S2/c19-14-6-5-13(9-15(14)20)30(26,27)22-16-3-1-2-4-17(16)28-10-18(23)21-12-7-8-29(24,25)11-12/h1-6,9,12,22H,7-8,10-11H2,(H,21,23)/t12-/m0/s1. The zero-order valence-electron chi connectivity index (χ0n) is 15.5. The van der Waals surface area contributed by atoms with Crippen molar-refractivity contribution in [3.05, 3.63) is 52.5 Å². The van der Waals surface area contributed by atoms with Crippen LogP contribution in [0, 0.1) is 0 Å². The molecule has 8 nitrogen and oxygen atoms in total. The molecule has 0 bridgehead atoms. The molecular weight excluding hydrogens is 475 g/mol. The second kappa shape index (κ2) is 9.01. The van der Waals surface area contributed by atoms with E-state index in [1.54, 1.807) is 12.1 Å². The van der Waals surface area contributed by atoms with Gasteiger partial charge in [-0.15, -0.1) is 0 Å². The molecule has 3 rings (SSSR count). The number of ether oxygens (including phenoxy) is 1. The minimum absolute atomic E-state index is 0.0398. The molecule has 2 N–H and O–H groups in total. The highest BCUT2D eigenvalue weighted by molar-refractivity contribution is 7.92. The average molecular weight is 493 g/mol. The van der Waals surface area contributed by atoms with Crippen molar-refractivity contribution in [3.63, 3.8) is 0 Å². The third-order valence-corrected chi connectivity index (χ3v) is 8.16. The smallest absolute Gasteiger partial charge is 0.262 e. The number of amides is 1. The molecule has 0 aromatic heterocycles. The lowest BCUT2D eigenvalue weighted by Crippen LogP contribution is -2.38. The Labute approximate surface area is 184 Å². The van der Waals surface area contributed by atoms with Crippen molar-refractivity contribution < 1.29 is 26.4 Å². The predicted octanol–water partition coefficient (Wildman–Crippen LogP) is 2.48. The summed E-state index contributed by atoms with van der Waals surface area (Å²) in [6.45, 7) is -0.401. The van der Waals surface area contributed by atoms with Gasteiger partial charge in [0, 0.05) is 6.04 Å². The molecule has 2 aromatic carbocycles. The maximum absolute atomic E-state index is 12.6. The maximum Gasteiger partial charge on any atom is 0.262 e. The van der Waals surface area contributed by atoms with Crippen LogP contribution >= 0.6 is 23.2 Å². The molecule has 0 unspecified atom stereocenters. The first kappa shape index (κ1) is 22.7. The number of anilines is 1. The Balaban J connectivity index is 1.67. The molecule has 1 heterocycles. The maximum atomic E-state index is 12.6. The van der Waals surface area contributed by atoms with Crippen molar-refractivity contribution in [1.29, 1.82) is 0 Å². The second-order valence-corrected chi connectivity index (χ2v) is 11.4. The summed E-state index contributed by atoms with van der Waals surface area (Å²) in [7, 11) is -7.10. The van der Waals surface area contributed by atoms with Crippen LogP contribution in [0.3, 0.4) is 0 Å². The molecule has 1 aliphatic heterocycles. The lowest BCUT2D eigenvalue weighted by molar-refractivity contribution is -0.123. The molecular formula is C18H18Cl2N2O6S2. The molecule has 1 saturated heterocycles. The lowest BCUT2D eigenvalue weighted by atomic mass is 10.2. The summed E-state index contributed by atoms with van der Waals surface area (Å²) in [6.07, 6.45) is 0.355. The summed E-state index contributed by atoms with van der Waals surface area (Å²) in [5.41, 5.74) is 0.125. The lowest BCUT2D eigenvalue weighted by Gasteiger charge is -2.15. The van der Waals surface area contributed by atoms with Crippen LogP contribution in [0.15, 0.2) is 47.4 Å². The van der Waals surface area contributed by atoms with Gasteiger partial charge in [-0.2, -0.15) is 0 Å². The van der Waals surface area contributed by atoms with Crippen molar-refractivity contribution in [2.45, 2.75) is 17.4 Å². The SMILES string of the molecule is O=C(COc1ccccc1NS(=O)(=O)c1ccc(Cl)c(Cl)c1)N[C@H]1CCS(=O)(=O)C1. The second-order valence-electron chi connectivity index (χ2n) is 6.63. The highest BCUT2D eigenvalue weighted by Gasteiger charge is 2.29. The van der Waals surface area contributed by atoms with Crippen LogP contribution in [0.2, 0.25) is 10.0 Å². The van der Waals surface area contributed by atoms with Gasteiger partial charge in [0.2, 0.25) is 0 Å². The Hall–Kier alpha value is -2.01. The summed E-state index contributed by atoms with van der Waals surface area (Å²) >= 11 is 11.7. The molecule has 30 heavy (non-hydrogen) atoms. The first-order valence-electron chi connectivity index (χ1n) is 8.75. The molecule has 0 saturated carbocycles. The van der Waals surface area contributed by atoms with Crippen LogP contribution in [0.4, 0.5) is 5.69 Å². The first-order chi connectivity index (χ1) is 14.1. The fourth-order valence-corrected chi connectivity index (χ4v) is 5.98. The molecule has 1 aliphatic rings. The van der Waals surface area contributed by atoms with Crippen molar-refractivity contribution in [1.82, 2.24) is 5.32 Å². The number of nitrogens with one attached hydrogen (secondary N) is 2. The van der Waals surface area contributed by atoms with E-state index in [1.807, 2.05) is 0 Å². The monoisotopic (exact) mass is 492 g/mol. The number of sulfone groups is 1. The van der Waals surface area contributed by atoms with E-state index in [0.29, 0.717) is 6.42 Å². The van der Waals surface area contributed by atoms with Gasteiger partial charge in [-0.05, 0) is 36.8 Å². The Morgan fingerprint density at radius 1 is 1.13 bits per heavy atom. The number of carbonyl (C=O) groups excluding carboxylic acids is 1. The molecule has 0 aliphatic carbocycles. The zero-order chi connectivity index (χ0) is 21.9. The van der Waals surface area contributed by atoms with Crippen LogP contribution in [0.25, 0.3) is 0 Å². The number of para-hydroxylation sites is 2. The molecule has 0 radical (unpaired) electrons. The van der Waals surface area contributed by atoms with Gasteiger partial charge in [0.15, 0.2) is 16.4 Å². The summed E-state index contributed by atoms with van der Waals surface area (Å²) < 4.78 is 56.1. The summed E-state index contributed by atoms with van der Waals surface area (Å²) in [5, 5.41) is 2.92. The van der Waals surface area contributed by atoms with E-state index in [2.05, 4.69) is 10.0 Å². The highest BCUT2D eigenvalue weighted by atomic mass is 35.5. The topological polar surface area (TPSA) is 119 Å². The highest BCUT2D eigenvalue weighted by Crippen LogP contribution is 2.29. The average Bonchev–Trinajstić information content (AvgIpc) is 3.01. The van der Waals surface area contributed by atoms with Gasteiger partial charge in [0.25, 0.3) is 15.9 Å². The van der Waals surface area contributed by atoms with E-state index in [0.717, 1.165) is 0 Å². The van der Waals surface area contributed by atoms with Crippen molar-refractivity contribution >= 4 is 54.7 Å². The molecule has 162 valence electrons. The number of rotatable bonds is 7. The third-order valence-electron chi connectivity index (χ3n) is 4.29. The predicted molar refractivity (Wildman–Crippen MR) is 114 cm³/mol. The van der Waals surface area contributed by atoms with Crippen molar-refractivity contribution in [3.8, 4) is 5.75 Å². The molecule has 12 heteroatoms. The van der Waals surface area contributed by atoms with Gasteiger partial charge in [-0.3, -0.25) is 9.52 Å². The largest absolute Gasteiger partial charge is 0.482 e. The number of halogens is 2. The van der Waals surface area contributed by atoms with Crippen LogP contribution in [-0.4, -0.2) is 46.9 Å². The van der Waals surface area contributed by atoms with Gasteiger partial charge < -0.3 is 10.1 Å². The van der Waals surface area contributed by atoms with E-state index in [4.69, 9.17) is 27.9 Å². The van der Waals surface area contributed by atoms with E-state index in [1.165, 1.54) is 30.3 Å². The summed E-state index contributed by atoms with van der Waals surface area (Å²) in [6, 6.07) is 9.65. The first-order valence-corrected chi connectivity index (χ1v) is 12.8. The molecule has 0 spiro atoms. The van der Waals surface area contributed by atoms with Gasteiger partial charge in [-0.1, -0.05) is 35.3 Å². The number of benzene rings is 2. The third kappa shape index (κ3) is 5.78. The van der Waals surface area contributed by atoms with Gasteiger partial charge in [0.05, 0.1) is 32.1 Å². The van der Waals surface area contributed by atoms with E-state index >= 15 is 0 Å². The van der Waals surface area contributed by atoms with E-state index < -0.39 is 38.4 Å². The van der Waals surface area contributed by atoms with Crippen LogP contribution in [0.1, 0.15) is 6.42 Å². The van der Waals surface area contributed by atoms with Crippen LogP contribution in [-0.2, 0) is 24.7 Å². The molecule has 2 aromatic rings. The minimum atomic E-state index is -3.99. The number of carbonyl (C=O) groups is 1. The summed E-state index contributed by atoms with van der Waals surface area (Å²) in [5.74, 6) is -0.425. The Morgan fingerprint density at radius 2 is 1.87 bits per heavy atom. The van der Waals surface area contributed by atoms with Crippen LogP contribution < -0.4 is 14.8 Å². The van der Waals surface area contributed by atoms with Gasteiger partial charge >= 0.3 is 0 Å². The Morgan fingerprint density at radius 3 is 2.53 bits per heavy atom. The van der Waals surface area contributed by atoms with Gasteiger partial charge in [-0.25, -0.2) is 16.8 Å². The van der Waals surface area contributed by atoms with E-state index in [9.17, 15) is 21.6 Å². The van der Waals surface area contributed by atoms with Gasteiger partial charge in [0.1, 0.15) is 5.75 Å². The Kier molecular flexibility index (Phi) is 6.81. The molecule has 1 atom stereocenters. The minimum Gasteiger partial charge on any atom is -0.482 e. The van der Waals surface area contributed by atoms with Crippen LogP contribution in [0.5, 0.6) is 5.75 Å². The fourth-order valence-electron chi connectivity index (χ4n) is 2.85. The number of sulfonamides is 1. The quantitative estimate of drug-likeness (QED) is 0.612. The number of hydrogen-bond donors (Lipinski definition) is 2.